The number of thiophene rings is 1. The molecule has 4 nitrogen and oxygen atoms in total. The van der Waals surface area contributed by atoms with E-state index in [1.165, 1.54) is 16.9 Å². The van der Waals surface area contributed by atoms with Crippen molar-refractivity contribution in [3.05, 3.63) is 46.3 Å². The molecule has 2 aromatic rings. The number of nitrogens with two attached hydrogens (primary N) is 1. The Kier molecular flexibility index (Phi) is 4.39. The number of carbonyl (C=O) groups excluding carboxylic acids is 1. The summed E-state index contributed by atoms with van der Waals surface area (Å²) in [6.07, 6.45) is 12.5. The predicted molar refractivity (Wildman–Crippen MR) is 96.7 cm³/mol. The minimum Gasteiger partial charge on any atom is -0.397 e. The Morgan fingerprint density at radius 3 is 2.87 bits per heavy atom. The number of aryl methyl sites for hydroxylation is 1. The van der Waals surface area contributed by atoms with Crippen molar-refractivity contribution >= 4 is 39.1 Å². The summed E-state index contributed by atoms with van der Waals surface area (Å²) in [4.78, 5) is 21.6. The van der Waals surface area contributed by atoms with Crippen molar-refractivity contribution in [1.29, 1.82) is 0 Å². The van der Waals surface area contributed by atoms with Crippen molar-refractivity contribution < 1.29 is 4.79 Å². The average Bonchev–Trinajstić information content (AvgIpc) is 2.71. The van der Waals surface area contributed by atoms with E-state index in [4.69, 9.17) is 5.73 Å². The van der Waals surface area contributed by atoms with Gasteiger partial charge in [0.15, 0.2) is 12.1 Å². The highest BCUT2D eigenvalue weighted by atomic mass is 32.1. The summed E-state index contributed by atoms with van der Waals surface area (Å²) in [6, 6.07) is 0. The standard InChI is InChI=1S/C18H19N3OS/c1-3-5-12-6-4-7-13(9-8-12)17-20-11(2)15-16(19)14(10-22)23-18(15)21-17/h6-10H,3-5,19H2,1-2H3. The number of aromatic nitrogens is 2. The second-order valence-corrected chi connectivity index (χ2v) is 6.60. The number of hydrogen-bond acceptors (Lipinski definition) is 5. The van der Waals surface area contributed by atoms with Crippen LogP contribution in [0.15, 0.2) is 29.9 Å². The molecule has 0 bridgehead atoms. The summed E-state index contributed by atoms with van der Waals surface area (Å²) in [7, 11) is 0. The zero-order valence-electron chi connectivity index (χ0n) is 13.3. The van der Waals surface area contributed by atoms with E-state index in [1.54, 1.807) is 0 Å². The first-order valence-electron chi connectivity index (χ1n) is 7.73. The number of nitrogen functional groups attached to an aromatic ring is 1. The van der Waals surface area contributed by atoms with Gasteiger partial charge in [0.2, 0.25) is 0 Å². The van der Waals surface area contributed by atoms with Crippen molar-refractivity contribution in [1.82, 2.24) is 9.97 Å². The Bertz CT molecular complexity index is 859. The van der Waals surface area contributed by atoms with Crippen LogP contribution in [0.3, 0.4) is 0 Å². The highest BCUT2D eigenvalue weighted by Gasteiger charge is 2.15. The third kappa shape index (κ3) is 2.97. The number of allylic oxidation sites excluding steroid dienone is 6. The predicted octanol–water partition coefficient (Wildman–Crippen LogP) is 4.46. The molecule has 5 heteroatoms. The molecule has 2 N–H and O–H groups in total. The monoisotopic (exact) mass is 325 g/mol. The number of rotatable bonds is 4. The maximum atomic E-state index is 11.1. The van der Waals surface area contributed by atoms with Gasteiger partial charge >= 0.3 is 0 Å². The molecule has 23 heavy (non-hydrogen) atoms. The molecule has 0 aliphatic heterocycles. The van der Waals surface area contributed by atoms with Crippen LogP contribution in [0.4, 0.5) is 5.69 Å². The second kappa shape index (κ2) is 6.46. The van der Waals surface area contributed by atoms with Crippen LogP contribution >= 0.6 is 11.3 Å². The fraction of sp³-hybridized carbons (Fsp3) is 0.278. The van der Waals surface area contributed by atoms with Gasteiger partial charge in [0.25, 0.3) is 0 Å². The van der Waals surface area contributed by atoms with Crippen LogP contribution in [0.25, 0.3) is 15.8 Å². The Morgan fingerprint density at radius 1 is 1.30 bits per heavy atom. The summed E-state index contributed by atoms with van der Waals surface area (Å²) >= 11 is 1.32. The van der Waals surface area contributed by atoms with Crippen LogP contribution in [0, 0.1) is 6.92 Å². The molecule has 2 aromatic heterocycles. The van der Waals surface area contributed by atoms with E-state index in [0.717, 1.165) is 47.0 Å². The van der Waals surface area contributed by atoms with E-state index < -0.39 is 0 Å². The molecule has 0 radical (unpaired) electrons. The van der Waals surface area contributed by atoms with Gasteiger partial charge in [-0.15, -0.1) is 11.3 Å². The maximum absolute atomic E-state index is 11.1. The third-order valence-corrected chi connectivity index (χ3v) is 4.92. The lowest BCUT2D eigenvalue weighted by Crippen LogP contribution is -1.97. The van der Waals surface area contributed by atoms with E-state index in [2.05, 4.69) is 41.2 Å². The van der Waals surface area contributed by atoms with Gasteiger partial charge in [0, 0.05) is 5.57 Å². The zero-order valence-corrected chi connectivity index (χ0v) is 14.1. The molecule has 0 fully saturated rings. The Labute approximate surface area is 139 Å². The maximum Gasteiger partial charge on any atom is 0.162 e. The number of aldehydes is 1. The molecule has 0 saturated heterocycles. The fourth-order valence-electron chi connectivity index (χ4n) is 2.74. The van der Waals surface area contributed by atoms with Crippen LogP contribution < -0.4 is 5.73 Å². The molecule has 1 aliphatic carbocycles. The molecule has 0 spiro atoms. The summed E-state index contributed by atoms with van der Waals surface area (Å²) < 4.78 is 0. The smallest absolute Gasteiger partial charge is 0.162 e. The molecular weight excluding hydrogens is 306 g/mol. The average molecular weight is 325 g/mol. The lowest BCUT2D eigenvalue weighted by molar-refractivity contribution is 0.112. The minimum atomic E-state index is 0.487. The van der Waals surface area contributed by atoms with Gasteiger partial charge in [-0.1, -0.05) is 43.2 Å². The fourth-order valence-corrected chi connectivity index (χ4v) is 3.70. The van der Waals surface area contributed by atoms with Crippen LogP contribution in [-0.2, 0) is 0 Å². The minimum absolute atomic E-state index is 0.487. The van der Waals surface area contributed by atoms with E-state index in [-0.39, 0.29) is 0 Å². The highest BCUT2D eigenvalue weighted by molar-refractivity contribution is 7.20. The molecule has 0 aromatic carbocycles. The first-order chi connectivity index (χ1) is 11.1. The van der Waals surface area contributed by atoms with Crippen molar-refractivity contribution in [3.63, 3.8) is 0 Å². The van der Waals surface area contributed by atoms with Crippen LogP contribution in [0.5, 0.6) is 0 Å². The summed E-state index contributed by atoms with van der Waals surface area (Å²) in [5.41, 5.74) is 9.68. The van der Waals surface area contributed by atoms with Gasteiger partial charge in [0.1, 0.15) is 4.83 Å². The topological polar surface area (TPSA) is 68.9 Å². The summed E-state index contributed by atoms with van der Waals surface area (Å²) in [5, 5.41) is 0.795. The summed E-state index contributed by atoms with van der Waals surface area (Å²) in [6.45, 7) is 4.09. The van der Waals surface area contributed by atoms with Gasteiger partial charge in [-0.2, -0.15) is 0 Å². The van der Waals surface area contributed by atoms with Gasteiger partial charge in [0.05, 0.1) is 21.6 Å². The Hall–Kier alpha value is -2.27. The van der Waals surface area contributed by atoms with Crippen molar-refractivity contribution in [3.8, 4) is 0 Å². The van der Waals surface area contributed by atoms with Crippen molar-refractivity contribution in [2.45, 2.75) is 33.1 Å². The van der Waals surface area contributed by atoms with Crippen LogP contribution in [-0.4, -0.2) is 16.3 Å². The van der Waals surface area contributed by atoms with Crippen LogP contribution in [0.1, 0.15) is 47.4 Å². The first-order valence-corrected chi connectivity index (χ1v) is 8.55. The summed E-state index contributed by atoms with van der Waals surface area (Å²) in [5.74, 6) is 0.691. The molecule has 118 valence electrons. The Morgan fingerprint density at radius 2 is 2.13 bits per heavy atom. The van der Waals surface area contributed by atoms with E-state index >= 15 is 0 Å². The zero-order chi connectivity index (χ0) is 16.4. The normalized spacial score (nSPS) is 14.5. The third-order valence-electron chi connectivity index (χ3n) is 3.90. The SMILES string of the molecule is CCCC1=CCC=C(c2nc(C)c3c(N)c(C=O)sc3n2)C=C1. The number of fused-ring (bicyclic) bond motifs is 1. The molecule has 0 atom stereocenters. The molecule has 0 amide bonds. The lowest BCUT2D eigenvalue weighted by Gasteiger charge is -2.04. The molecule has 3 rings (SSSR count). The molecule has 1 aliphatic rings. The Balaban J connectivity index is 2.03. The highest BCUT2D eigenvalue weighted by Crippen LogP contribution is 2.34. The van der Waals surface area contributed by atoms with Gasteiger partial charge in [-0.05, 0) is 19.8 Å². The van der Waals surface area contributed by atoms with Crippen molar-refractivity contribution in [2.24, 2.45) is 0 Å². The van der Waals surface area contributed by atoms with Gasteiger partial charge in [-0.3, -0.25) is 4.79 Å². The number of hydrogen-bond donors (Lipinski definition) is 1. The number of anilines is 1. The van der Waals surface area contributed by atoms with Crippen molar-refractivity contribution in [2.75, 3.05) is 5.73 Å². The van der Waals surface area contributed by atoms with Gasteiger partial charge in [-0.25, -0.2) is 9.97 Å². The molecule has 0 unspecified atom stereocenters. The number of carbonyl (C=O) groups is 1. The second-order valence-electron chi connectivity index (χ2n) is 5.57. The molecule has 0 saturated carbocycles. The van der Waals surface area contributed by atoms with Gasteiger partial charge < -0.3 is 5.73 Å². The quantitative estimate of drug-likeness (QED) is 0.842. The van der Waals surface area contributed by atoms with E-state index in [9.17, 15) is 4.79 Å². The van der Waals surface area contributed by atoms with E-state index in [0.29, 0.717) is 16.4 Å². The number of nitrogens with zero attached hydrogens (tertiary/aromatic N) is 2. The molecule has 2 heterocycles. The largest absolute Gasteiger partial charge is 0.397 e. The van der Waals surface area contributed by atoms with E-state index in [1.807, 2.05) is 6.92 Å². The molecular formula is C18H19N3OS. The first kappa shape index (κ1) is 15.6. The lowest BCUT2D eigenvalue weighted by atomic mass is 10.1. The van der Waals surface area contributed by atoms with Crippen LogP contribution in [0.2, 0.25) is 0 Å².